The Balaban J connectivity index is 1.78. The molecule has 0 radical (unpaired) electrons. The summed E-state index contributed by atoms with van der Waals surface area (Å²) in [6.07, 6.45) is 4.47. The number of nitrogens with zero attached hydrogens (tertiary/aromatic N) is 2. The van der Waals surface area contributed by atoms with Crippen LogP contribution in [0.3, 0.4) is 0 Å². The third-order valence-corrected chi connectivity index (χ3v) is 5.52. The highest BCUT2D eigenvalue weighted by Gasteiger charge is 2.27. The van der Waals surface area contributed by atoms with Crippen molar-refractivity contribution in [3.05, 3.63) is 71.9 Å². The molecule has 0 unspecified atom stereocenters. The number of hydrogen-bond donors (Lipinski definition) is 2. The number of pyridine rings is 1. The number of methoxy groups -OCH3 is 2. The molecule has 182 valence electrons. The number of benzene rings is 1. The topological polar surface area (TPSA) is 108 Å². The van der Waals surface area contributed by atoms with Gasteiger partial charge >= 0.3 is 5.97 Å². The molecule has 9 nitrogen and oxygen atoms in total. The van der Waals surface area contributed by atoms with Gasteiger partial charge < -0.3 is 29.1 Å². The van der Waals surface area contributed by atoms with Crippen LogP contribution in [0.25, 0.3) is 11.0 Å². The van der Waals surface area contributed by atoms with Crippen LogP contribution >= 0.6 is 0 Å². The molecule has 1 amide bonds. The summed E-state index contributed by atoms with van der Waals surface area (Å²) in [5.74, 6) is 0.0318. The van der Waals surface area contributed by atoms with E-state index in [4.69, 9.17) is 13.9 Å². The molecule has 0 atom stereocenters. The van der Waals surface area contributed by atoms with Gasteiger partial charge in [-0.25, -0.2) is 9.78 Å². The van der Waals surface area contributed by atoms with Gasteiger partial charge in [0.05, 0.1) is 43.6 Å². The third kappa shape index (κ3) is 4.98. The Hall–Kier alpha value is -4.27. The van der Waals surface area contributed by atoms with Crippen molar-refractivity contribution in [2.75, 3.05) is 24.9 Å². The fourth-order valence-electron chi connectivity index (χ4n) is 3.93. The predicted octanol–water partition coefficient (Wildman–Crippen LogP) is 4.94. The maximum atomic E-state index is 12.9. The van der Waals surface area contributed by atoms with Crippen molar-refractivity contribution in [3.8, 4) is 5.75 Å². The number of carbonyl (C=O) groups is 2. The summed E-state index contributed by atoms with van der Waals surface area (Å²) in [7, 11) is 2.95. The first kappa shape index (κ1) is 23.9. The average molecular weight is 477 g/mol. The minimum atomic E-state index is -0.560. The molecule has 2 N–H and O–H groups in total. The van der Waals surface area contributed by atoms with Crippen LogP contribution in [0.1, 0.15) is 40.3 Å². The highest BCUT2D eigenvalue weighted by molar-refractivity contribution is 6.14. The number of anilines is 2. The quantitative estimate of drug-likeness (QED) is 0.329. The van der Waals surface area contributed by atoms with Crippen molar-refractivity contribution in [2.45, 2.75) is 26.9 Å². The average Bonchev–Trinajstić information content (AvgIpc) is 3.50. The van der Waals surface area contributed by atoms with Gasteiger partial charge in [0.2, 0.25) is 0 Å². The van der Waals surface area contributed by atoms with Gasteiger partial charge in [-0.15, -0.1) is 0 Å². The van der Waals surface area contributed by atoms with E-state index in [0.717, 1.165) is 17.0 Å². The van der Waals surface area contributed by atoms with Crippen LogP contribution in [0.15, 0.2) is 59.5 Å². The second-order valence-corrected chi connectivity index (χ2v) is 8.45. The number of para-hydroxylation sites is 1. The minimum absolute atomic E-state index is 0.219. The first-order valence-corrected chi connectivity index (χ1v) is 11.2. The number of aromatic nitrogens is 2. The molecule has 0 fully saturated rings. The third-order valence-electron chi connectivity index (χ3n) is 5.52. The van der Waals surface area contributed by atoms with Gasteiger partial charge in [0.1, 0.15) is 17.7 Å². The van der Waals surface area contributed by atoms with E-state index >= 15 is 0 Å². The van der Waals surface area contributed by atoms with Gasteiger partial charge in [-0.1, -0.05) is 32.0 Å². The molecule has 1 aromatic carbocycles. The van der Waals surface area contributed by atoms with Crippen molar-refractivity contribution in [2.24, 2.45) is 5.92 Å². The lowest BCUT2D eigenvalue weighted by Crippen LogP contribution is -2.18. The SMILES string of the molecule is COC(=O)c1c(NC(=O)c2ccoc2)c2cc(NCc3ccccc3OC)cnc2n1CC(C)C. The van der Waals surface area contributed by atoms with Crippen LogP contribution in [0.4, 0.5) is 11.4 Å². The van der Waals surface area contributed by atoms with E-state index < -0.39 is 11.9 Å². The summed E-state index contributed by atoms with van der Waals surface area (Å²) in [6.45, 7) is 5.10. The zero-order valence-corrected chi connectivity index (χ0v) is 20.1. The lowest BCUT2D eigenvalue weighted by atomic mass is 10.2. The molecule has 3 aromatic heterocycles. The number of carbonyl (C=O) groups excluding carboxylic acids is 2. The van der Waals surface area contributed by atoms with Crippen LogP contribution in [0.2, 0.25) is 0 Å². The van der Waals surface area contributed by atoms with E-state index in [1.807, 2.05) is 44.2 Å². The van der Waals surface area contributed by atoms with Crippen molar-refractivity contribution in [1.29, 1.82) is 0 Å². The summed E-state index contributed by atoms with van der Waals surface area (Å²) in [6, 6.07) is 11.2. The standard InChI is InChI=1S/C26H28N4O5/c1-16(2)14-30-23(26(32)34-4)22(29-25(31)18-9-10-35-15-18)20-11-19(13-28-24(20)30)27-12-17-7-5-6-8-21(17)33-3/h5-11,13,15-16,27H,12,14H2,1-4H3,(H,29,31). The number of fused-ring (bicyclic) bond motifs is 1. The summed E-state index contributed by atoms with van der Waals surface area (Å²) in [4.78, 5) is 30.4. The Kier molecular flexibility index (Phi) is 7.05. The molecule has 0 aliphatic heterocycles. The van der Waals surface area contributed by atoms with E-state index in [1.165, 1.54) is 19.6 Å². The number of furan rings is 1. The summed E-state index contributed by atoms with van der Waals surface area (Å²) >= 11 is 0. The van der Waals surface area contributed by atoms with Crippen LogP contribution in [0, 0.1) is 5.92 Å². The maximum absolute atomic E-state index is 12.9. The first-order chi connectivity index (χ1) is 16.9. The molecule has 0 saturated carbocycles. The van der Waals surface area contributed by atoms with Gasteiger partial charge in [-0.2, -0.15) is 0 Å². The fourth-order valence-corrected chi connectivity index (χ4v) is 3.93. The molecule has 4 aromatic rings. The molecule has 0 saturated heterocycles. The van der Waals surface area contributed by atoms with E-state index in [-0.39, 0.29) is 11.6 Å². The molecule has 35 heavy (non-hydrogen) atoms. The monoisotopic (exact) mass is 476 g/mol. The second kappa shape index (κ2) is 10.3. The number of ether oxygens (including phenoxy) is 2. The largest absolute Gasteiger partial charge is 0.496 e. The van der Waals surface area contributed by atoms with Crippen molar-refractivity contribution in [3.63, 3.8) is 0 Å². The lowest BCUT2D eigenvalue weighted by molar-refractivity contribution is 0.0589. The summed E-state index contributed by atoms with van der Waals surface area (Å²) < 4.78 is 17.3. The van der Waals surface area contributed by atoms with Gasteiger partial charge in [0.25, 0.3) is 5.91 Å². The van der Waals surface area contributed by atoms with Crippen molar-refractivity contribution >= 4 is 34.3 Å². The first-order valence-electron chi connectivity index (χ1n) is 11.2. The summed E-state index contributed by atoms with van der Waals surface area (Å²) in [5.41, 5.74) is 3.19. The molecule has 4 rings (SSSR count). The Morgan fingerprint density at radius 2 is 1.97 bits per heavy atom. The Bertz CT molecular complexity index is 1340. The number of hydrogen-bond acceptors (Lipinski definition) is 7. The molecular weight excluding hydrogens is 448 g/mol. The molecule has 0 spiro atoms. The predicted molar refractivity (Wildman–Crippen MR) is 133 cm³/mol. The highest BCUT2D eigenvalue weighted by atomic mass is 16.5. The van der Waals surface area contributed by atoms with Gasteiger partial charge in [-0.3, -0.25) is 4.79 Å². The maximum Gasteiger partial charge on any atom is 0.356 e. The van der Waals surface area contributed by atoms with Gasteiger partial charge in [0, 0.05) is 24.0 Å². The molecule has 0 bridgehead atoms. The molecule has 0 aliphatic rings. The number of nitrogens with one attached hydrogen (secondary N) is 2. The van der Waals surface area contributed by atoms with Gasteiger partial charge in [-0.05, 0) is 24.1 Å². The number of esters is 1. The lowest BCUT2D eigenvalue weighted by Gasteiger charge is -2.12. The summed E-state index contributed by atoms with van der Waals surface area (Å²) in [5, 5.41) is 6.85. The molecule has 0 aliphatic carbocycles. The fraction of sp³-hybridized carbons (Fsp3) is 0.269. The number of rotatable bonds is 9. The van der Waals surface area contributed by atoms with Crippen LogP contribution in [0.5, 0.6) is 5.75 Å². The minimum Gasteiger partial charge on any atom is -0.496 e. The smallest absolute Gasteiger partial charge is 0.356 e. The molecule has 9 heteroatoms. The van der Waals surface area contributed by atoms with Crippen molar-refractivity contribution < 1.29 is 23.5 Å². The van der Waals surface area contributed by atoms with E-state index in [1.54, 1.807) is 23.9 Å². The second-order valence-electron chi connectivity index (χ2n) is 8.45. The Morgan fingerprint density at radius 1 is 1.17 bits per heavy atom. The highest BCUT2D eigenvalue weighted by Crippen LogP contribution is 2.34. The number of amides is 1. The van der Waals surface area contributed by atoms with E-state index in [2.05, 4.69) is 15.6 Å². The zero-order chi connectivity index (χ0) is 24.9. The Labute approximate surface area is 203 Å². The van der Waals surface area contributed by atoms with Gasteiger partial charge in [0.15, 0.2) is 5.69 Å². The molecular formula is C26H28N4O5. The molecule has 3 heterocycles. The Morgan fingerprint density at radius 3 is 2.66 bits per heavy atom. The zero-order valence-electron chi connectivity index (χ0n) is 20.1. The normalized spacial score (nSPS) is 11.0. The van der Waals surface area contributed by atoms with Crippen molar-refractivity contribution in [1.82, 2.24) is 9.55 Å². The van der Waals surface area contributed by atoms with Crippen LogP contribution in [-0.4, -0.2) is 35.6 Å². The van der Waals surface area contributed by atoms with Crippen LogP contribution in [-0.2, 0) is 17.8 Å². The van der Waals surface area contributed by atoms with E-state index in [0.29, 0.717) is 35.4 Å². The van der Waals surface area contributed by atoms with Crippen LogP contribution < -0.4 is 15.4 Å². The van der Waals surface area contributed by atoms with E-state index in [9.17, 15) is 9.59 Å².